The highest BCUT2D eigenvalue weighted by Gasteiger charge is 2.14. The van der Waals surface area contributed by atoms with E-state index in [1.807, 2.05) is 0 Å². The highest BCUT2D eigenvalue weighted by atomic mass is 16.4. The van der Waals surface area contributed by atoms with Crippen molar-refractivity contribution in [3.8, 4) is 0 Å². The summed E-state index contributed by atoms with van der Waals surface area (Å²) in [6.07, 6.45) is -1.66. The van der Waals surface area contributed by atoms with E-state index in [1.54, 1.807) is 18.2 Å². The van der Waals surface area contributed by atoms with Gasteiger partial charge in [0.25, 0.3) is 0 Å². The number of aliphatic hydroxyl groups excluding tert-OH is 1. The predicted octanol–water partition coefficient (Wildman–Crippen LogP) is 0.212. The third-order valence-corrected chi connectivity index (χ3v) is 2.18. The van der Waals surface area contributed by atoms with Gasteiger partial charge < -0.3 is 26.2 Å². The van der Waals surface area contributed by atoms with Gasteiger partial charge in [-0.05, 0) is 18.2 Å². The third kappa shape index (κ3) is 5.36. The van der Waals surface area contributed by atoms with E-state index in [0.717, 1.165) is 0 Å². The molecular formula is C12H15N3O5. The molecule has 1 aromatic rings. The first kappa shape index (κ1) is 15.4. The van der Waals surface area contributed by atoms with Gasteiger partial charge in [0.05, 0.1) is 6.54 Å². The Bertz CT molecular complexity index is 518. The van der Waals surface area contributed by atoms with Crippen molar-refractivity contribution in [2.45, 2.75) is 13.0 Å². The number of hydrogen-bond donors (Lipinski definition) is 5. The summed E-state index contributed by atoms with van der Waals surface area (Å²) in [7, 11) is 0. The third-order valence-electron chi connectivity index (χ3n) is 2.18. The van der Waals surface area contributed by atoms with Crippen molar-refractivity contribution >= 4 is 29.3 Å². The maximum Gasteiger partial charge on any atom is 0.334 e. The van der Waals surface area contributed by atoms with Crippen molar-refractivity contribution in [2.75, 3.05) is 17.2 Å². The van der Waals surface area contributed by atoms with E-state index in [1.165, 1.54) is 13.0 Å². The van der Waals surface area contributed by atoms with Crippen LogP contribution in [0.15, 0.2) is 24.3 Å². The number of carbonyl (C=O) groups is 3. The van der Waals surface area contributed by atoms with Crippen molar-refractivity contribution in [1.82, 2.24) is 5.32 Å². The summed E-state index contributed by atoms with van der Waals surface area (Å²) in [5, 5.41) is 24.6. The monoisotopic (exact) mass is 281 g/mol. The molecule has 0 bridgehead atoms. The number of carboxylic acids is 1. The highest BCUT2D eigenvalue weighted by molar-refractivity contribution is 5.92. The molecule has 8 nitrogen and oxygen atoms in total. The second-order valence-electron chi connectivity index (χ2n) is 3.95. The van der Waals surface area contributed by atoms with Gasteiger partial charge in [-0.3, -0.25) is 4.79 Å². The van der Waals surface area contributed by atoms with Crippen molar-refractivity contribution in [3.05, 3.63) is 24.3 Å². The summed E-state index contributed by atoms with van der Waals surface area (Å²) >= 11 is 0. The Hall–Kier alpha value is -2.61. The molecule has 108 valence electrons. The minimum absolute atomic E-state index is 0.240. The Kier molecular flexibility index (Phi) is 5.48. The molecule has 1 atom stereocenters. The lowest BCUT2D eigenvalue weighted by Gasteiger charge is -2.10. The fourth-order valence-corrected chi connectivity index (χ4v) is 1.33. The minimum Gasteiger partial charge on any atom is -0.479 e. The molecular weight excluding hydrogens is 266 g/mol. The fourth-order valence-electron chi connectivity index (χ4n) is 1.33. The Morgan fingerprint density at radius 1 is 1.20 bits per heavy atom. The zero-order valence-electron chi connectivity index (χ0n) is 10.7. The van der Waals surface area contributed by atoms with Crippen LogP contribution in [0.5, 0.6) is 0 Å². The van der Waals surface area contributed by atoms with Gasteiger partial charge in [0.2, 0.25) is 5.91 Å². The van der Waals surface area contributed by atoms with Crippen molar-refractivity contribution in [3.63, 3.8) is 0 Å². The molecule has 0 aromatic heterocycles. The van der Waals surface area contributed by atoms with Crippen molar-refractivity contribution in [1.29, 1.82) is 0 Å². The number of aliphatic hydroxyl groups is 1. The number of rotatable bonds is 5. The van der Waals surface area contributed by atoms with Gasteiger partial charge in [-0.25, -0.2) is 9.59 Å². The van der Waals surface area contributed by atoms with Crippen LogP contribution in [0.4, 0.5) is 16.2 Å². The number of carboxylic acid groups (broad SMARTS) is 1. The number of aliphatic carboxylic acids is 1. The average Bonchev–Trinajstić information content (AvgIpc) is 2.35. The molecule has 5 N–H and O–H groups in total. The quantitative estimate of drug-likeness (QED) is 0.527. The molecule has 1 rings (SSSR count). The molecule has 1 aromatic carbocycles. The number of amides is 3. The average molecular weight is 281 g/mol. The largest absolute Gasteiger partial charge is 0.479 e. The summed E-state index contributed by atoms with van der Waals surface area (Å²) in [6.45, 7) is 0.951. The summed E-state index contributed by atoms with van der Waals surface area (Å²) in [4.78, 5) is 32.7. The van der Waals surface area contributed by atoms with E-state index in [-0.39, 0.29) is 5.91 Å². The van der Waals surface area contributed by atoms with Crippen LogP contribution in [0.1, 0.15) is 6.92 Å². The summed E-state index contributed by atoms with van der Waals surface area (Å²) in [5.74, 6) is -1.66. The van der Waals surface area contributed by atoms with Gasteiger partial charge in [-0.1, -0.05) is 6.07 Å². The Balaban J connectivity index is 2.53. The van der Waals surface area contributed by atoms with Gasteiger partial charge in [0.1, 0.15) is 0 Å². The molecule has 0 aliphatic heterocycles. The van der Waals surface area contributed by atoms with Crippen LogP contribution >= 0.6 is 0 Å². The van der Waals surface area contributed by atoms with E-state index in [2.05, 4.69) is 16.0 Å². The Morgan fingerprint density at radius 2 is 1.80 bits per heavy atom. The number of benzene rings is 1. The fraction of sp³-hybridized carbons (Fsp3) is 0.250. The zero-order chi connectivity index (χ0) is 15.1. The smallest absolute Gasteiger partial charge is 0.334 e. The van der Waals surface area contributed by atoms with E-state index in [4.69, 9.17) is 10.2 Å². The first-order valence-electron chi connectivity index (χ1n) is 5.72. The summed E-state index contributed by atoms with van der Waals surface area (Å²) < 4.78 is 0. The van der Waals surface area contributed by atoms with E-state index >= 15 is 0 Å². The lowest BCUT2D eigenvalue weighted by Crippen LogP contribution is -2.38. The number of anilines is 2. The van der Waals surface area contributed by atoms with E-state index < -0.39 is 24.6 Å². The molecule has 0 fully saturated rings. The van der Waals surface area contributed by atoms with Crippen molar-refractivity contribution in [2.24, 2.45) is 0 Å². The Morgan fingerprint density at radius 3 is 2.35 bits per heavy atom. The van der Waals surface area contributed by atoms with Gasteiger partial charge in [-0.15, -0.1) is 0 Å². The first-order valence-corrected chi connectivity index (χ1v) is 5.72. The van der Waals surface area contributed by atoms with Crippen molar-refractivity contribution < 1.29 is 24.6 Å². The summed E-state index contributed by atoms with van der Waals surface area (Å²) in [6, 6.07) is 5.75. The van der Waals surface area contributed by atoms with Crippen LogP contribution < -0.4 is 16.0 Å². The standard InChI is InChI=1S/C12H15N3O5/c1-7(16)14-8-3-2-4-9(5-8)15-12(20)13-6-10(17)11(18)19/h2-5,10,17H,6H2,1H3,(H,14,16)(H,18,19)(H2,13,15,20). The van der Waals surface area contributed by atoms with Crippen LogP contribution in [0.2, 0.25) is 0 Å². The van der Waals surface area contributed by atoms with Crippen LogP contribution in [0.25, 0.3) is 0 Å². The molecule has 0 radical (unpaired) electrons. The molecule has 0 heterocycles. The Labute approximate surface area is 114 Å². The summed E-state index contributed by atoms with van der Waals surface area (Å²) in [5.41, 5.74) is 0.930. The van der Waals surface area contributed by atoms with Crippen LogP contribution in [-0.2, 0) is 9.59 Å². The number of urea groups is 1. The van der Waals surface area contributed by atoms with Gasteiger partial charge in [-0.2, -0.15) is 0 Å². The topological polar surface area (TPSA) is 128 Å². The SMILES string of the molecule is CC(=O)Nc1cccc(NC(=O)NCC(O)C(=O)O)c1. The molecule has 1 unspecified atom stereocenters. The maximum absolute atomic E-state index is 11.5. The van der Waals surface area contributed by atoms with E-state index in [0.29, 0.717) is 11.4 Å². The number of nitrogens with one attached hydrogen (secondary N) is 3. The normalized spacial score (nSPS) is 11.3. The molecule has 0 saturated heterocycles. The van der Waals surface area contributed by atoms with Gasteiger partial charge >= 0.3 is 12.0 Å². The molecule has 0 aliphatic carbocycles. The number of carbonyl (C=O) groups excluding carboxylic acids is 2. The van der Waals surface area contributed by atoms with Crippen LogP contribution in [0.3, 0.4) is 0 Å². The number of hydrogen-bond acceptors (Lipinski definition) is 4. The molecule has 8 heteroatoms. The second-order valence-corrected chi connectivity index (χ2v) is 3.95. The first-order chi connectivity index (χ1) is 9.38. The molecule has 20 heavy (non-hydrogen) atoms. The minimum atomic E-state index is -1.66. The van der Waals surface area contributed by atoms with Gasteiger partial charge in [0, 0.05) is 18.3 Å². The predicted molar refractivity (Wildman–Crippen MR) is 71.4 cm³/mol. The zero-order valence-corrected chi connectivity index (χ0v) is 10.7. The molecule has 3 amide bonds. The molecule has 0 aliphatic rings. The lowest BCUT2D eigenvalue weighted by atomic mass is 10.2. The van der Waals surface area contributed by atoms with Crippen LogP contribution in [-0.4, -0.2) is 40.8 Å². The van der Waals surface area contributed by atoms with Crippen LogP contribution in [0, 0.1) is 0 Å². The van der Waals surface area contributed by atoms with Gasteiger partial charge in [0.15, 0.2) is 6.10 Å². The maximum atomic E-state index is 11.5. The molecule has 0 spiro atoms. The second kappa shape index (κ2) is 7.10. The van der Waals surface area contributed by atoms with E-state index in [9.17, 15) is 14.4 Å². The highest BCUT2D eigenvalue weighted by Crippen LogP contribution is 2.14. The molecule has 0 saturated carbocycles. The lowest BCUT2D eigenvalue weighted by molar-refractivity contribution is -0.146.